The van der Waals surface area contributed by atoms with Crippen molar-refractivity contribution < 1.29 is 27.4 Å². The van der Waals surface area contributed by atoms with Gasteiger partial charge in [-0.1, -0.05) is 0 Å². The Morgan fingerprint density at radius 1 is 1.13 bits per heavy atom. The molecule has 2 saturated heterocycles. The summed E-state index contributed by atoms with van der Waals surface area (Å²) in [6, 6.07) is -0.400. The Morgan fingerprint density at radius 2 is 1.78 bits per heavy atom. The Kier molecular flexibility index (Phi) is 4.73. The lowest BCUT2D eigenvalue weighted by molar-refractivity contribution is -0.184. The molecule has 23 heavy (non-hydrogen) atoms. The van der Waals surface area contributed by atoms with Gasteiger partial charge in [0, 0.05) is 19.0 Å². The van der Waals surface area contributed by atoms with Crippen molar-refractivity contribution in [1.82, 2.24) is 10.2 Å². The van der Waals surface area contributed by atoms with Crippen LogP contribution in [0, 0.1) is 5.92 Å². The molecule has 132 valence electrons. The summed E-state index contributed by atoms with van der Waals surface area (Å²) in [7, 11) is 0. The molecule has 0 aromatic carbocycles. The van der Waals surface area contributed by atoms with Crippen LogP contribution in [-0.4, -0.2) is 55.2 Å². The van der Waals surface area contributed by atoms with Crippen molar-refractivity contribution in [3.05, 3.63) is 0 Å². The second-order valence-electron chi connectivity index (χ2n) is 6.67. The first-order valence-electron chi connectivity index (χ1n) is 8.28. The smallest absolute Gasteiger partial charge is 0.346 e. The number of hydrogen-bond acceptors (Lipinski definition) is 3. The van der Waals surface area contributed by atoms with Crippen LogP contribution in [-0.2, 0) is 9.47 Å². The van der Waals surface area contributed by atoms with Gasteiger partial charge in [-0.2, -0.15) is 13.2 Å². The molecular formula is C15H23F3N2O3. The van der Waals surface area contributed by atoms with E-state index < -0.39 is 17.9 Å². The predicted octanol–water partition coefficient (Wildman–Crippen LogP) is 2.66. The number of ether oxygens (including phenoxy) is 2. The first kappa shape index (κ1) is 16.8. The predicted molar refractivity (Wildman–Crippen MR) is 75.8 cm³/mol. The van der Waals surface area contributed by atoms with Crippen LogP contribution in [0.1, 0.15) is 38.5 Å². The van der Waals surface area contributed by atoms with Crippen LogP contribution in [0.3, 0.4) is 0 Å². The Balaban J connectivity index is 1.48. The third kappa shape index (κ3) is 3.91. The summed E-state index contributed by atoms with van der Waals surface area (Å²) < 4.78 is 49.3. The van der Waals surface area contributed by atoms with Gasteiger partial charge in [0.1, 0.15) is 0 Å². The molecule has 0 unspecified atom stereocenters. The summed E-state index contributed by atoms with van der Waals surface area (Å²) in [4.78, 5) is 14.0. The van der Waals surface area contributed by atoms with Crippen molar-refractivity contribution in [2.75, 3.05) is 26.3 Å². The number of amides is 2. The van der Waals surface area contributed by atoms with Crippen molar-refractivity contribution in [1.29, 1.82) is 0 Å². The van der Waals surface area contributed by atoms with Crippen LogP contribution in [0.2, 0.25) is 0 Å². The zero-order valence-corrected chi connectivity index (χ0v) is 13.0. The number of alkyl halides is 3. The van der Waals surface area contributed by atoms with Crippen molar-refractivity contribution in [2.24, 2.45) is 5.92 Å². The van der Waals surface area contributed by atoms with Gasteiger partial charge in [-0.25, -0.2) is 4.79 Å². The van der Waals surface area contributed by atoms with Crippen LogP contribution >= 0.6 is 0 Å². The molecule has 0 radical (unpaired) electrons. The maximum absolute atomic E-state index is 12.7. The standard InChI is InChI=1S/C15H23F3N2O3/c16-15(17,18)11-2-4-12(5-3-11)19-13(21)20-7-1-6-14(10-20)22-8-9-23-14/h11-12H,1-10H2,(H,19,21). The van der Waals surface area contributed by atoms with E-state index in [0.717, 1.165) is 12.8 Å². The van der Waals surface area contributed by atoms with Gasteiger partial charge in [-0.05, 0) is 32.1 Å². The molecule has 1 saturated carbocycles. The Bertz CT molecular complexity index is 430. The van der Waals surface area contributed by atoms with Gasteiger partial charge in [-0.15, -0.1) is 0 Å². The molecule has 2 amide bonds. The van der Waals surface area contributed by atoms with E-state index in [0.29, 0.717) is 39.1 Å². The largest absolute Gasteiger partial charge is 0.391 e. The van der Waals surface area contributed by atoms with E-state index in [4.69, 9.17) is 9.47 Å². The molecule has 0 atom stereocenters. The van der Waals surface area contributed by atoms with E-state index >= 15 is 0 Å². The number of hydrogen-bond donors (Lipinski definition) is 1. The highest BCUT2D eigenvalue weighted by molar-refractivity contribution is 5.74. The Morgan fingerprint density at radius 3 is 2.39 bits per heavy atom. The molecule has 1 N–H and O–H groups in total. The van der Waals surface area contributed by atoms with Crippen molar-refractivity contribution in [2.45, 2.75) is 56.5 Å². The molecule has 3 rings (SSSR count). The summed E-state index contributed by atoms with van der Waals surface area (Å²) in [6.07, 6.45) is -1.62. The number of urea groups is 1. The molecule has 8 heteroatoms. The van der Waals surface area contributed by atoms with Gasteiger partial charge in [0.2, 0.25) is 0 Å². The van der Waals surface area contributed by atoms with Crippen LogP contribution in [0.5, 0.6) is 0 Å². The average Bonchev–Trinajstić information content (AvgIpc) is 2.94. The molecule has 3 fully saturated rings. The molecule has 1 aliphatic carbocycles. The third-order valence-electron chi connectivity index (χ3n) is 5.04. The minimum atomic E-state index is -4.12. The number of carbonyl (C=O) groups excluding carboxylic acids is 1. The quantitative estimate of drug-likeness (QED) is 0.801. The number of likely N-dealkylation sites (tertiary alicyclic amines) is 1. The van der Waals surface area contributed by atoms with E-state index in [1.165, 1.54) is 0 Å². The van der Waals surface area contributed by atoms with Crippen molar-refractivity contribution >= 4 is 6.03 Å². The second-order valence-corrected chi connectivity index (χ2v) is 6.67. The van der Waals surface area contributed by atoms with E-state index in [-0.39, 0.29) is 24.9 Å². The van der Waals surface area contributed by atoms with E-state index in [1.807, 2.05) is 0 Å². The molecule has 5 nitrogen and oxygen atoms in total. The maximum Gasteiger partial charge on any atom is 0.391 e. The molecule has 2 aliphatic heterocycles. The zero-order valence-electron chi connectivity index (χ0n) is 13.0. The zero-order chi connectivity index (χ0) is 16.5. The first-order chi connectivity index (χ1) is 10.9. The van der Waals surface area contributed by atoms with Gasteiger partial charge in [0.25, 0.3) is 0 Å². The van der Waals surface area contributed by atoms with Gasteiger partial charge >= 0.3 is 12.2 Å². The highest BCUT2D eigenvalue weighted by Gasteiger charge is 2.44. The Hall–Kier alpha value is -1.02. The number of rotatable bonds is 1. The number of nitrogens with zero attached hydrogens (tertiary/aromatic N) is 1. The molecule has 0 bridgehead atoms. The van der Waals surface area contributed by atoms with Crippen LogP contribution in [0.4, 0.5) is 18.0 Å². The number of halogens is 3. The normalized spacial score (nSPS) is 31.3. The Labute approximate surface area is 133 Å². The first-order valence-corrected chi connectivity index (χ1v) is 8.28. The summed E-state index contributed by atoms with van der Waals surface area (Å²) >= 11 is 0. The monoisotopic (exact) mass is 336 g/mol. The van der Waals surface area contributed by atoms with Crippen LogP contribution in [0.15, 0.2) is 0 Å². The summed E-state index contributed by atoms with van der Waals surface area (Å²) in [5.41, 5.74) is 0. The highest BCUT2D eigenvalue weighted by Crippen LogP contribution is 2.37. The van der Waals surface area contributed by atoms with Gasteiger partial charge in [0.05, 0.1) is 25.7 Å². The van der Waals surface area contributed by atoms with Crippen LogP contribution < -0.4 is 5.32 Å². The van der Waals surface area contributed by atoms with Crippen molar-refractivity contribution in [3.63, 3.8) is 0 Å². The van der Waals surface area contributed by atoms with Crippen LogP contribution in [0.25, 0.3) is 0 Å². The average molecular weight is 336 g/mol. The molecule has 2 heterocycles. The van der Waals surface area contributed by atoms with E-state index in [9.17, 15) is 18.0 Å². The third-order valence-corrected chi connectivity index (χ3v) is 5.04. The molecular weight excluding hydrogens is 313 g/mol. The highest BCUT2D eigenvalue weighted by atomic mass is 19.4. The minimum absolute atomic E-state index is 0.0879. The molecule has 1 spiro atoms. The van der Waals surface area contributed by atoms with Gasteiger partial charge in [0.15, 0.2) is 5.79 Å². The lowest BCUT2D eigenvalue weighted by atomic mass is 9.85. The van der Waals surface area contributed by atoms with E-state index in [2.05, 4.69) is 5.32 Å². The lowest BCUT2D eigenvalue weighted by Gasteiger charge is -2.39. The fourth-order valence-electron chi connectivity index (χ4n) is 3.73. The number of carbonyl (C=O) groups is 1. The summed E-state index contributed by atoms with van der Waals surface area (Å²) in [5.74, 6) is -1.90. The SMILES string of the molecule is O=C(NC1CCC(C(F)(F)F)CC1)N1CCCC2(C1)OCCO2. The van der Waals surface area contributed by atoms with Gasteiger partial charge in [-0.3, -0.25) is 0 Å². The fourth-order valence-corrected chi connectivity index (χ4v) is 3.73. The number of piperidine rings is 1. The van der Waals surface area contributed by atoms with Gasteiger partial charge < -0.3 is 19.7 Å². The number of nitrogens with one attached hydrogen (secondary N) is 1. The fraction of sp³-hybridized carbons (Fsp3) is 0.933. The molecule has 3 aliphatic rings. The topological polar surface area (TPSA) is 50.8 Å². The second kappa shape index (κ2) is 6.47. The summed E-state index contributed by atoms with van der Waals surface area (Å²) in [6.45, 7) is 2.09. The molecule has 0 aromatic heterocycles. The van der Waals surface area contributed by atoms with Crippen molar-refractivity contribution in [3.8, 4) is 0 Å². The molecule has 0 aromatic rings. The summed E-state index contributed by atoms with van der Waals surface area (Å²) in [5, 5.41) is 2.88. The van der Waals surface area contributed by atoms with E-state index in [1.54, 1.807) is 4.90 Å². The maximum atomic E-state index is 12.7. The minimum Gasteiger partial charge on any atom is -0.346 e. The lowest BCUT2D eigenvalue weighted by Crippen LogP contribution is -2.55.